The zero-order valence-electron chi connectivity index (χ0n) is 16.1. The number of aliphatic hydroxyl groups excluding tert-OH is 1. The van der Waals surface area contributed by atoms with Crippen molar-refractivity contribution in [2.24, 2.45) is 5.92 Å². The SMILES string of the molecule is CCc1ncc(CN2Cc3ccccc3OC3(CCC(CO)CC3)C2)cn1. The van der Waals surface area contributed by atoms with Gasteiger partial charge in [-0.25, -0.2) is 9.97 Å². The van der Waals surface area contributed by atoms with Crippen molar-refractivity contribution in [3.63, 3.8) is 0 Å². The minimum atomic E-state index is -0.164. The smallest absolute Gasteiger partial charge is 0.127 e. The van der Waals surface area contributed by atoms with Gasteiger partial charge in [0.05, 0.1) is 0 Å². The molecule has 0 bridgehead atoms. The molecule has 2 aromatic rings. The summed E-state index contributed by atoms with van der Waals surface area (Å²) in [6.45, 7) is 4.96. The number of nitrogens with zero attached hydrogens (tertiary/aromatic N) is 3. The third kappa shape index (κ3) is 4.14. The average Bonchev–Trinajstić information content (AvgIpc) is 2.85. The summed E-state index contributed by atoms with van der Waals surface area (Å²) in [4.78, 5) is 11.4. The van der Waals surface area contributed by atoms with E-state index < -0.39 is 0 Å². The zero-order chi connectivity index (χ0) is 18.7. The lowest BCUT2D eigenvalue weighted by Gasteiger charge is -2.41. The molecule has 1 aromatic carbocycles. The van der Waals surface area contributed by atoms with Gasteiger partial charge in [0.15, 0.2) is 0 Å². The Labute approximate surface area is 161 Å². The van der Waals surface area contributed by atoms with E-state index in [0.717, 1.165) is 68.9 Å². The summed E-state index contributed by atoms with van der Waals surface area (Å²) >= 11 is 0. The zero-order valence-corrected chi connectivity index (χ0v) is 16.1. The number of hydrogen-bond donors (Lipinski definition) is 1. The predicted molar refractivity (Wildman–Crippen MR) is 104 cm³/mol. The van der Waals surface area contributed by atoms with E-state index in [0.29, 0.717) is 5.92 Å². The quantitative estimate of drug-likeness (QED) is 0.898. The van der Waals surface area contributed by atoms with Gasteiger partial charge in [-0.2, -0.15) is 0 Å². The Balaban J connectivity index is 1.57. The summed E-state index contributed by atoms with van der Waals surface area (Å²) < 4.78 is 6.63. The van der Waals surface area contributed by atoms with Crippen molar-refractivity contribution in [1.82, 2.24) is 14.9 Å². The van der Waals surface area contributed by atoms with Crippen LogP contribution in [0.15, 0.2) is 36.7 Å². The second kappa shape index (κ2) is 7.95. The van der Waals surface area contributed by atoms with Crippen molar-refractivity contribution in [2.75, 3.05) is 13.2 Å². The van der Waals surface area contributed by atoms with Gasteiger partial charge >= 0.3 is 0 Å². The number of aromatic nitrogens is 2. The normalized spacial score (nSPS) is 25.6. The number of aliphatic hydroxyl groups is 1. The van der Waals surface area contributed by atoms with E-state index in [1.54, 1.807) is 0 Å². The number of benzene rings is 1. The molecule has 1 fully saturated rings. The highest BCUT2D eigenvalue weighted by molar-refractivity contribution is 5.35. The largest absolute Gasteiger partial charge is 0.486 e. The minimum absolute atomic E-state index is 0.164. The van der Waals surface area contributed by atoms with E-state index in [-0.39, 0.29) is 12.2 Å². The Bertz CT molecular complexity index is 754. The van der Waals surface area contributed by atoms with Gasteiger partial charge in [-0.1, -0.05) is 25.1 Å². The Morgan fingerprint density at radius 2 is 1.93 bits per heavy atom. The fourth-order valence-electron chi connectivity index (χ4n) is 4.37. The fourth-order valence-corrected chi connectivity index (χ4v) is 4.37. The molecule has 1 aromatic heterocycles. The van der Waals surface area contributed by atoms with Crippen LogP contribution < -0.4 is 4.74 Å². The van der Waals surface area contributed by atoms with Crippen molar-refractivity contribution in [3.8, 4) is 5.75 Å². The summed E-state index contributed by atoms with van der Waals surface area (Å²) in [7, 11) is 0. The van der Waals surface area contributed by atoms with Crippen LogP contribution in [0.5, 0.6) is 5.75 Å². The molecule has 0 radical (unpaired) electrons. The molecular formula is C22H29N3O2. The van der Waals surface area contributed by atoms with E-state index in [2.05, 4.69) is 46.1 Å². The summed E-state index contributed by atoms with van der Waals surface area (Å²) in [6, 6.07) is 8.40. The Kier molecular flexibility index (Phi) is 5.41. The number of para-hydroxylation sites is 1. The van der Waals surface area contributed by atoms with Crippen LogP contribution in [0.3, 0.4) is 0 Å². The summed E-state index contributed by atoms with van der Waals surface area (Å²) in [6.07, 6.45) is 8.82. The first-order valence-corrected chi connectivity index (χ1v) is 10.1. The van der Waals surface area contributed by atoms with Crippen LogP contribution in [0.1, 0.15) is 49.6 Å². The van der Waals surface area contributed by atoms with Gasteiger partial charge in [0.2, 0.25) is 0 Å². The first-order chi connectivity index (χ1) is 13.2. The lowest BCUT2D eigenvalue weighted by molar-refractivity contribution is -0.0154. The van der Waals surface area contributed by atoms with Gasteiger partial charge in [0.1, 0.15) is 17.2 Å². The maximum absolute atomic E-state index is 9.52. The van der Waals surface area contributed by atoms with E-state index in [1.165, 1.54) is 5.56 Å². The maximum Gasteiger partial charge on any atom is 0.127 e. The van der Waals surface area contributed by atoms with Crippen molar-refractivity contribution in [2.45, 2.75) is 57.7 Å². The van der Waals surface area contributed by atoms with E-state index in [9.17, 15) is 5.11 Å². The lowest BCUT2D eigenvalue weighted by atomic mass is 9.78. The molecule has 0 amide bonds. The number of ether oxygens (including phenoxy) is 1. The molecule has 5 nitrogen and oxygen atoms in total. The van der Waals surface area contributed by atoms with Crippen LogP contribution in [0, 0.1) is 5.92 Å². The molecule has 4 rings (SSSR count). The number of rotatable bonds is 4. The number of hydrogen-bond acceptors (Lipinski definition) is 5. The standard InChI is InChI=1S/C22H29N3O2/c1-2-21-23-11-18(12-24-21)13-25-14-19-5-3-4-6-20(19)27-22(16-25)9-7-17(15-26)8-10-22/h3-6,11-12,17,26H,2,7-10,13-16H2,1H3. The van der Waals surface area contributed by atoms with Crippen LogP contribution in [0.25, 0.3) is 0 Å². The first-order valence-electron chi connectivity index (χ1n) is 10.1. The topological polar surface area (TPSA) is 58.5 Å². The van der Waals surface area contributed by atoms with E-state index in [4.69, 9.17) is 4.74 Å². The maximum atomic E-state index is 9.52. The number of aryl methyl sites for hydroxylation is 1. The highest BCUT2D eigenvalue weighted by atomic mass is 16.5. The molecule has 5 heteroatoms. The van der Waals surface area contributed by atoms with Crippen LogP contribution in [-0.2, 0) is 19.5 Å². The van der Waals surface area contributed by atoms with Crippen molar-refractivity contribution >= 4 is 0 Å². The highest BCUT2D eigenvalue weighted by Gasteiger charge is 2.40. The first kappa shape index (κ1) is 18.4. The van der Waals surface area contributed by atoms with Gasteiger partial charge < -0.3 is 9.84 Å². The van der Waals surface area contributed by atoms with Gasteiger partial charge in [-0.3, -0.25) is 4.90 Å². The summed E-state index contributed by atoms with van der Waals surface area (Å²) in [5.41, 5.74) is 2.22. The van der Waals surface area contributed by atoms with Crippen LogP contribution >= 0.6 is 0 Å². The summed E-state index contributed by atoms with van der Waals surface area (Å²) in [5, 5.41) is 9.52. The Morgan fingerprint density at radius 3 is 2.63 bits per heavy atom. The fraction of sp³-hybridized carbons (Fsp3) is 0.545. The molecule has 2 heterocycles. The van der Waals surface area contributed by atoms with Crippen molar-refractivity contribution in [1.29, 1.82) is 0 Å². The molecule has 0 unspecified atom stereocenters. The lowest BCUT2D eigenvalue weighted by Crippen LogP contribution is -2.48. The monoisotopic (exact) mass is 367 g/mol. The van der Waals surface area contributed by atoms with Gasteiger partial charge in [-0.05, 0) is 37.7 Å². The molecule has 1 N–H and O–H groups in total. The third-order valence-corrected chi connectivity index (χ3v) is 5.96. The van der Waals surface area contributed by atoms with Crippen molar-refractivity contribution < 1.29 is 9.84 Å². The highest BCUT2D eigenvalue weighted by Crippen LogP contribution is 2.40. The molecule has 0 saturated heterocycles. The molecule has 1 saturated carbocycles. The molecule has 1 spiro atoms. The second-order valence-corrected chi connectivity index (χ2v) is 8.03. The van der Waals surface area contributed by atoms with Crippen LogP contribution in [-0.4, -0.2) is 38.7 Å². The molecule has 2 aliphatic rings. The molecule has 1 aliphatic heterocycles. The molecule has 144 valence electrons. The number of fused-ring (bicyclic) bond motifs is 1. The Morgan fingerprint density at radius 1 is 1.19 bits per heavy atom. The minimum Gasteiger partial charge on any atom is -0.486 e. The van der Waals surface area contributed by atoms with Crippen LogP contribution in [0.2, 0.25) is 0 Å². The third-order valence-electron chi connectivity index (χ3n) is 5.96. The second-order valence-electron chi connectivity index (χ2n) is 8.03. The van der Waals surface area contributed by atoms with Gasteiger partial charge in [-0.15, -0.1) is 0 Å². The Hall–Kier alpha value is -1.98. The molecule has 1 aliphatic carbocycles. The molecular weight excluding hydrogens is 338 g/mol. The average molecular weight is 367 g/mol. The van der Waals surface area contributed by atoms with E-state index in [1.807, 2.05) is 12.4 Å². The van der Waals surface area contributed by atoms with Gasteiger partial charge in [0.25, 0.3) is 0 Å². The van der Waals surface area contributed by atoms with Gasteiger partial charge in [0, 0.05) is 56.2 Å². The summed E-state index contributed by atoms with van der Waals surface area (Å²) in [5.74, 6) is 2.32. The predicted octanol–water partition coefficient (Wildman–Crippen LogP) is 3.35. The van der Waals surface area contributed by atoms with Crippen LogP contribution in [0.4, 0.5) is 0 Å². The van der Waals surface area contributed by atoms with Crippen molar-refractivity contribution in [3.05, 3.63) is 53.6 Å². The molecule has 27 heavy (non-hydrogen) atoms. The van der Waals surface area contributed by atoms with E-state index >= 15 is 0 Å². The molecule has 0 atom stereocenters.